The quantitative estimate of drug-likeness (QED) is 0.916. The number of nitrogens with zero attached hydrogens (tertiary/aromatic N) is 1. The number of benzene rings is 1. The van der Waals surface area contributed by atoms with Crippen molar-refractivity contribution in [3.63, 3.8) is 0 Å². The van der Waals surface area contributed by atoms with Crippen LogP contribution < -0.4 is 10.2 Å². The van der Waals surface area contributed by atoms with Crippen molar-refractivity contribution in [3.8, 4) is 0 Å². The summed E-state index contributed by atoms with van der Waals surface area (Å²) in [5.41, 5.74) is 0.888. The van der Waals surface area contributed by atoms with Crippen LogP contribution >= 0.6 is 0 Å². The van der Waals surface area contributed by atoms with Gasteiger partial charge in [0.2, 0.25) is 11.8 Å². The van der Waals surface area contributed by atoms with Crippen LogP contribution in [-0.2, 0) is 14.3 Å². The second kappa shape index (κ2) is 6.26. The summed E-state index contributed by atoms with van der Waals surface area (Å²) in [6.45, 7) is 1.34. The van der Waals surface area contributed by atoms with Gasteiger partial charge >= 0.3 is 0 Å². The molecule has 0 spiro atoms. The van der Waals surface area contributed by atoms with E-state index in [-0.39, 0.29) is 17.9 Å². The zero-order valence-corrected chi connectivity index (χ0v) is 12.0. The standard InChI is InChI=1S/C16H20N2O3/c19-15(14-9-5-11-21-14)17-13-8-4-10-18(16(13)20)12-6-2-1-3-7-12/h1-3,6-7,13-14H,4-5,8-11H2,(H,17,19). The van der Waals surface area contributed by atoms with Crippen molar-refractivity contribution >= 4 is 17.5 Å². The first-order valence-corrected chi connectivity index (χ1v) is 7.54. The molecular formula is C16H20N2O3. The zero-order chi connectivity index (χ0) is 14.7. The molecule has 3 rings (SSSR count). The monoisotopic (exact) mass is 288 g/mol. The highest BCUT2D eigenvalue weighted by atomic mass is 16.5. The Bertz CT molecular complexity index is 512. The molecule has 2 aliphatic rings. The second-order valence-electron chi connectivity index (χ2n) is 5.53. The summed E-state index contributed by atoms with van der Waals surface area (Å²) >= 11 is 0. The van der Waals surface area contributed by atoms with Crippen LogP contribution in [0.15, 0.2) is 30.3 Å². The van der Waals surface area contributed by atoms with Gasteiger partial charge in [-0.3, -0.25) is 9.59 Å². The maximum atomic E-state index is 12.5. The fraction of sp³-hybridized carbons (Fsp3) is 0.500. The molecule has 1 aromatic rings. The number of carbonyl (C=O) groups is 2. The summed E-state index contributed by atoms with van der Waals surface area (Å²) in [5.74, 6) is -0.181. The lowest BCUT2D eigenvalue weighted by molar-refractivity contribution is -0.134. The summed E-state index contributed by atoms with van der Waals surface area (Å²) in [4.78, 5) is 26.4. The van der Waals surface area contributed by atoms with E-state index in [0.717, 1.165) is 24.9 Å². The number of rotatable bonds is 3. The molecule has 0 saturated carbocycles. The summed E-state index contributed by atoms with van der Waals surface area (Å²) in [5, 5.41) is 2.86. The fourth-order valence-corrected chi connectivity index (χ4v) is 2.92. The summed E-state index contributed by atoms with van der Waals surface area (Å²) in [6.07, 6.45) is 2.85. The molecule has 1 N–H and O–H groups in total. The molecule has 21 heavy (non-hydrogen) atoms. The van der Waals surface area contributed by atoms with Gasteiger partial charge < -0.3 is 15.0 Å². The van der Waals surface area contributed by atoms with Gasteiger partial charge in [0.25, 0.3) is 0 Å². The number of para-hydroxylation sites is 1. The molecule has 2 fully saturated rings. The van der Waals surface area contributed by atoms with E-state index in [0.29, 0.717) is 19.6 Å². The summed E-state index contributed by atoms with van der Waals surface area (Å²) in [7, 11) is 0. The van der Waals surface area contributed by atoms with Crippen LogP contribution in [0, 0.1) is 0 Å². The Morgan fingerprint density at radius 1 is 1.19 bits per heavy atom. The number of carbonyl (C=O) groups excluding carboxylic acids is 2. The molecule has 2 amide bonds. The molecule has 5 heteroatoms. The van der Waals surface area contributed by atoms with E-state index in [9.17, 15) is 9.59 Å². The third-order valence-corrected chi connectivity index (χ3v) is 4.05. The normalized spacial score (nSPS) is 25.9. The highest BCUT2D eigenvalue weighted by Gasteiger charge is 2.33. The van der Waals surface area contributed by atoms with Gasteiger partial charge in [0.05, 0.1) is 0 Å². The highest BCUT2D eigenvalue weighted by molar-refractivity contribution is 6.00. The molecule has 2 saturated heterocycles. The summed E-state index contributed by atoms with van der Waals surface area (Å²) in [6, 6.07) is 9.16. The SMILES string of the molecule is O=C(NC1CCCN(c2ccccc2)C1=O)C1CCCO1. The van der Waals surface area contributed by atoms with Crippen molar-refractivity contribution in [1.29, 1.82) is 0 Å². The Morgan fingerprint density at radius 2 is 2.00 bits per heavy atom. The molecular weight excluding hydrogens is 268 g/mol. The highest BCUT2D eigenvalue weighted by Crippen LogP contribution is 2.21. The van der Waals surface area contributed by atoms with Crippen molar-refractivity contribution in [2.24, 2.45) is 0 Å². The number of amides is 2. The van der Waals surface area contributed by atoms with Crippen molar-refractivity contribution in [2.75, 3.05) is 18.1 Å². The maximum absolute atomic E-state index is 12.5. The first kappa shape index (κ1) is 14.1. The minimum absolute atomic E-state index is 0.0289. The Labute approximate surface area is 124 Å². The van der Waals surface area contributed by atoms with Crippen LogP contribution in [0.4, 0.5) is 5.69 Å². The van der Waals surface area contributed by atoms with E-state index in [1.165, 1.54) is 0 Å². The van der Waals surface area contributed by atoms with Gasteiger partial charge in [0, 0.05) is 18.8 Å². The third kappa shape index (κ3) is 3.08. The first-order valence-electron chi connectivity index (χ1n) is 7.54. The second-order valence-corrected chi connectivity index (χ2v) is 5.53. The predicted molar refractivity (Wildman–Crippen MR) is 78.9 cm³/mol. The van der Waals surface area contributed by atoms with E-state index >= 15 is 0 Å². The minimum Gasteiger partial charge on any atom is -0.368 e. The Balaban J connectivity index is 1.66. The number of hydrogen-bond acceptors (Lipinski definition) is 3. The van der Waals surface area contributed by atoms with E-state index in [1.807, 2.05) is 30.3 Å². The van der Waals surface area contributed by atoms with Crippen LogP contribution in [-0.4, -0.2) is 37.1 Å². The van der Waals surface area contributed by atoms with Gasteiger partial charge in [0.1, 0.15) is 12.1 Å². The van der Waals surface area contributed by atoms with Gasteiger partial charge in [-0.05, 0) is 37.8 Å². The Hall–Kier alpha value is -1.88. The molecule has 2 atom stereocenters. The van der Waals surface area contributed by atoms with E-state index < -0.39 is 6.04 Å². The lowest BCUT2D eigenvalue weighted by Crippen LogP contribution is -2.54. The van der Waals surface area contributed by atoms with Crippen LogP contribution in [0.3, 0.4) is 0 Å². The molecule has 112 valence electrons. The van der Waals surface area contributed by atoms with Gasteiger partial charge in [-0.2, -0.15) is 0 Å². The van der Waals surface area contributed by atoms with Gasteiger partial charge in [-0.1, -0.05) is 18.2 Å². The minimum atomic E-state index is -0.435. The first-order chi connectivity index (χ1) is 10.3. The smallest absolute Gasteiger partial charge is 0.249 e. The number of hydrogen-bond donors (Lipinski definition) is 1. The number of anilines is 1. The number of piperidine rings is 1. The van der Waals surface area contributed by atoms with Crippen LogP contribution in [0.1, 0.15) is 25.7 Å². The molecule has 2 unspecified atom stereocenters. The molecule has 2 aliphatic heterocycles. The topological polar surface area (TPSA) is 58.6 Å². The number of ether oxygens (including phenoxy) is 1. The lowest BCUT2D eigenvalue weighted by atomic mass is 10.0. The largest absolute Gasteiger partial charge is 0.368 e. The van der Waals surface area contributed by atoms with Crippen molar-refractivity contribution in [2.45, 2.75) is 37.8 Å². The average Bonchev–Trinajstić information content (AvgIpc) is 3.05. The molecule has 0 aromatic heterocycles. The van der Waals surface area contributed by atoms with Crippen molar-refractivity contribution < 1.29 is 14.3 Å². The molecule has 2 heterocycles. The summed E-state index contributed by atoms with van der Waals surface area (Å²) < 4.78 is 5.37. The predicted octanol–water partition coefficient (Wildman–Crippen LogP) is 1.48. The van der Waals surface area contributed by atoms with E-state index in [1.54, 1.807) is 4.90 Å². The molecule has 5 nitrogen and oxygen atoms in total. The molecule has 0 aliphatic carbocycles. The Kier molecular flexibility index (Phi) is 4.20. The van der Waals surface area contributed by atoms with Crippen molar-refractivity contribution in [1.82, 2.24) is 5.32 Å². The van der Waals surface area contributed by atoms with Crippen molar-refractivity contribution in [3.05, 3.63) is 30.3 Å². The van der Waals surface area contributed by atoms with Gasteiger partial charge in [-0.25, -0.2) is 0 Å². The molecule has 0 radical (unpaired) electrons. The molecule has 1 aromatic carbocycles. The Morgan fingerprint density at radius 3 is 2.71 bits per heavy atom. The van der Waals surface area contributed by atoms with Crippen LogP contribution in [0.25, 0.3) is 0 Å². The zero-order valence-electron chi connectivity index (χ0n) is 12.0. The average molecular weight is 288 g/mol. The van der Waals surface area contributed by atoms with Crippen LogP contribution in [0.5, 0.6) is 0 Å². The van der Waals surface area contributed by atoms with Gasteiger partial charge in [0.15, 0.2) is 0 Å². The third-order valence-electron chi connectivity index (χ3n) is 4.05. The van der Waals surface area contributed by atoms with Gasteiger partial charge in [-0.15, -0.1) is 0 Å². The molecule has 0 bridgehead atoms. The lowest BCUT2D eigenvalue weighted by Gasteiger charge is -2.33. The maximum Gasteiger partial charge on any atom is 0.249 e. The van der Waals surface area contributed by atoms with Crippen LogP contribution in [0.2, 0.25) is 0 Å². The van der Waals surface area contributed by atoms with E-state index in [4.69, 9.17) is 4.74 Å². The number of nitrogens with one attached hydrogen (secondary N) is 1. The fourth-order valence-electron chi connectivity index (χ4n) is 2.92. The van der Waals surface area contributed by atoms with E-state index in [2.05, 4.69) is 5.32 Å².